The number of aromatic nitrogens is 1. The van der Waals surface area contributed by atoms with Gasteiger partial charge in [0.25, 0.3) is 0 Å². The molecule has 2 heterocycles. The van der Waals surface area contributed by atoms with Crippen LogP contribution in [0.2, 0.25) is 0 Å². The number of hydrogen-bond donors (Lipinski definition) is 1. The molecule has 1 aromatic heterocycles. The molecule has 1 atom stereocenters. The van der Waals surface area contributed by atoms with Crippen LogP contribution in [0.4, 0.5) is 5.69 Å². The van der Waals surface area contributed by atoms with Crippen molar-refractivity contribution in [3.05, 3.63) is 52.7 Å². The molecular formula is C26H29N3O3. The highest BCUT2D eigenvalue weighted by Gasteiger charge is 2.35. The van der Waals surface area contributed by atoms with E-state index in [0.29, 0.717) is 17.8 Å². The molecule has 0 bridgehead atoms. The Balaban J connectivity index is 2.18. The van der Waals surface area contributed by atoms with Gasteiger partial charge in [-0.05, 0) is 57.4 Å². The predicted molar refractivity (Wildman–Crippen MR) is 126 cm³/mol. The molecule has 2 aromatic carbocycles. The van der Waals surface area contributed by atoms with Crippen LogP contribution in [-0.4, -0.2) is 34.8 Å². The molecule has 0 spiro atoms. The van der Waals surface area contributed by atoms with Gasteiger partial charge in [-0.3, -0.25) is 0 Å². The molecule has 3 aromatic rings. The van der Waals surface area contributed by atoms with E-state index in [4.69, 9.17) is 4.74 Å². The fourth-order valence-corrected chi connectivity index (χ4v) is 4.73. The smallest absolute Gasteiger partial charge is 0.337 e. The highest BCUT2D eigenvalue weighted by Crippen LogP contribution is 2.47. The summed E-state index contributed by atoms with van der Waals surface area (Å²) in [7, 11) is 2.01. The number of nitriles is 1. The van der Waals surface area contributed by atoms with Gasteiger partial charge in [-0.25, -0.2) is 4.79 Å². The second kappa shape index (κ2) is 7.68. The molecule has 4 rings (SSSR count). The molecule has 6 heteroatoms. The summed E-state index contributed by atoms with van der Waals surface area (Å²) in [6.07, 6.45) is -1.14. The van der Waals surface area contributed by atoms with Crippen molar-refractivity contribution in [3.8, 4) is 17.2 Å². The maximum Gasteiger partial charge on any atom is 0.337 e. The fourth-order valence-electron chi connectivity index (χ4n) is 4.73. The average molecular weight is 432 g/mol. The molecule has 0 unspecified atom stereocenters. The van der Waals surface area contributed by atoms with Crippen molar-refractivity contribution in [3.63, 3.8) is 0 Å². The summed E-state index contributed by atoms with van der Waals surface area (Å²) in [5, 5.41) is 21.0. The van der Waals surface area contributed by atoms with Crippen LogP contribution in [-0.2, 0) is 16.1 Å². The quantitative estimate of drug-likeness (QED) is 0.615. The number of carbonyl (C=O) groups is 1. The zero-order valence-electron chi connectivity index (χ0n) is 19.5. The normalized spacial score (nSPS) is 14.5. The summed E-state index contributed by atoms with van der Waals surface area (Å²) in [4.78, 5) is 14.7. The van der Waals surface area contributed by atoms with Gasteiger partial charge in [0, 0.05) is 31.1 Å². The van der Waals surface area contributed by atoms with Crippen LogP contribution in [0.25, 0.3) is 22.0 Å². The average Bonchev–Trinajstić information content (AvgIpc) is 3.08. The first kappa shape index (κ1) is 21.9. The minimum absolute atomic E-state index is 0.586. The molecule has 0 saturated heterocycles. The van der Waals surface area contributed by atoms with Crippen molar-refractivity contribution in [1.82, 2.24) is 4.57 Å². The maximum absolute atomic E-state index is 12.5. The van der Waals surface area contributed by atoms with Crippen molar-refractivity contribution >= 4 is 22.6 Å². The Morgan fingerprint density at radius 3 is 2.41 bits per heavy atom. The molecule has 0 aliphatic carbocycles. The molecule has 166 valence electrons. The van der Waals surface area contributed by atoms with E-state index >= 15 is 0 Å². The van der Waals surface area contributed by atoms with Gasteiger partial charge in [-0.2, -0.15) is 5.26 Å². The van der Waals surface area contributed by atoms with Gasteiger partial charge < -0.3 is 19.3 Å². The van der Waals surface area contributed by atoms with E-state index in [1.807, 2.05) is 72.0 Å². The Kier molecular flexibility index (Phi) is 5.26. The molecule has 6 nitrogen and oxygen atoms in total. The highest BCUT2D eigenvalue weighted by atomic mass is 16.5. The number of likely N-dealkylation sites (N-methyl/N-ethyl adjacent to an activating group) is 1. The van der Waals surface area contributed by atoms with E-state index in [0.717, 1.165) is 45.4 Å². The lowest BCUT2D eigenvalue weighted by Crippen LogP contribution is -2.31. The summed E-state index contributed by atoms with van der Waals surface area (Å²) < 4.78 is 8.18. The second-order valence-electron chi connectivity index (χ2n) is 9.55. The van der Waals surface area contributed by atoms with Crippen molar-refractivity contribution in [2.24, 2.45) is 0 Å². The van der Waals surface area contributed by atoms with E-state index in [2.05, 4.69) is 15.5 Å². The predicted octanol–water partition coefficient (Wildman–Crippen LogP) is 5.19. The van der Waals surface area contributed by atoms with Crippen LogP contribution in [0.15, 0.2) is 30.3 Å². The number of aliphatic carboxylic acids is 1. The first-order valence-corrected chi connectivity index (χ1v) is 10.8. The van der Waals surface area contributed by atoms with Crippen LogP contribution in [0, 0.1) is 25.2 Å². The van der Waals surface area contributed by atoms with E-state index < -0.39 is 17.7 Å². The summed E-state index contributed by atoms with van der Waals surface area (Å²) in [5.41, 5.74) is 6.25. The van der Waals surface area contributed by atoms with Gasteiger partial charge in [0.2, 0.25) is 0 Å². The number of ether oxygens (including phenoxy) is 1. The zero-order valence-corrected chi connectivity index (χ0v) is 19.5. The number of rotatable bonds is 4. The second-order valence-corrected chi connectivity index (χ2v) is 9.55. The van der Waals surface area contributed by atoms with Gasteiger partial charge in [-0.15, -0.1) is 0 Å². The summed E-state index contributed by atoms with van der Waals surface area (Å²) in [5.74, 6) is -1.03. The number of carboxylic acids is 1. The molecule has 1 aliphatic rings. The summed E-state index contributed by atoms with van der Waals surface area (Å²) >= 11 is 0. The summed E-state index contributed by atoms with van der Waals surface area (Å²) in [6, 6.07) is 12.3. The fraction of sp³-hybridized carbons (Fsp3) is 0.385. The Labute approximate surface area is 188 Å². The standard InChI is InChI=1S/C26H29N3O3/c1-15-7-9-17(10-8-15)21-19-13-18(14-27)29-12-11-28(6)22(23(19)29)16(2)20(21)24(25(30)31)32-26(3,4)5/h7-10,13,24H,11-12H2,1-6H3,(H,30,31)/t24-/m0/s1. The van der Waals surface area contributed by atoms with E-state index in [9.17, 15) is 15.2 Å². The molecule has 32 heavy (non-hydrogen) atoms. The minimum Gasteiger partial charge on any atom is -0.479 e. The van der Waals surface area contributed by atoms with Gasteiger partial charge in [0.15, 0.2) is 6.10 Å². The van der Waals surface area contributed by atoms with E-state index in [1.54, 1.807) is 0 Å². The lowest BCUT2D eigenvalue weighted by molar-refractivity contribution is -0.160. The van der Waals surface area contributed by atoms with Crippen molar-refractivity contribution < 1.29 is 14.6 Å². The van der Waals surface area contributed by atoms with Crippen LogP contribution in [0.5, 0.6) is 0 Å². The lowest BCUT2D eigenvalue weighted by atomic mass is 9.87. The van der Waals surface area contributed by atoms with Crippen molar-refractivity contribution in [1.29, 1.82) is 5.26 Å². The minimum atomic E-state index is -1.14. The Morgan fingerprint density at radius 2 is 1.84 bits per heavy atom. The number of carboxylic acid groups (broad SMARTS) is 1. The number of anilines is 1. The molecule has 0 amide bonds. The van der Waals surface area contributed by atoms with Crippen LogP contribution in [0.3, 0.4) is 0 Å². The number of nitrogens with zero attached hydrogens (tertiary/aromatic N) is 3. The van der Waals surface area contributed by atoms with Gasteiger partial charge >= 0.3 is 5.97 Å². The Bertz CT molecular complexity index is 1260. The van der Waals surface area contributed by atoms with Gasteiger partial charge in [0.05, 0.1) is 16.8 Å². The maximum atomic E-state index is 12.5. The summed E-state index contributed by atoms with van der Waals surface area (Å²) in [6.45, 7) is 11.0. The molecule has 0 saturated carbocycles. The molecule has 1 aliphatic heterocycles. The third kappa shape index (κ3) is 3.53. The zero-order chi connectivity index (χ0) is 23.4. The first-order chi connectivity index (χ1) is 15.0. The number of aryl methyl sites for hydroxylation is 1. The van der Waals surface area contributed by atoms with Crippen molar-refractivity contribution in [2.75, 3.05) is 18.5 Å². The third-order valence-electron chi connectivity index (χ3n) is 6.07. The molecule has 1 N–H and O–H groups in total. The monoisotopic (exact) mass is 431 g/mol. The Hall–Kier alpha value is -3.30. The molecule has 0 radical (unpaired) electrons. The van der Waals surface area contributed by atoms with Crippen molar-refractivity contribution in [2.45, 2.75) is 52.9 Å². The lowest BCUT2D eigenvalue weighted by Gasteiger charge is -2.34. The topological polar surface area (TPSA) is 78.5 Å². The SMILES string of the molecule is Cc1ccc(-c2c([C@H](OC(C)(C)C)C(=O)O)c(C)c3c4c2cc(C#N)n4CCN3C)cc1. The van der Waals surface area contributed by atoms with E-state index in [1.165, 1.54) is 0 Å². The molecular weight excluding hydrogens is 402 g/mol. The third-order valence-corrected chi connectivity index (χ3v) is 6.07. The number of benzene rings is 2. The first-order valence-electron chi connectivity index (χ1n) is 10.8. The van der Waals surface area contributed by atoms with Crippen LogP contribution in [0.1, 0.15) is 49.3 Å². The van der Waals surface area contributed by atoms with E-state index in [-0.39, 0.29) is 0 Å². The highest BCUT2D eigenvalue weighted by molar-refractivity contribution is 6.08. The van der Waals surface area contributed by atoms with Gasteiger partial charge in [-0.1, -0.05) is 29.8 Å². The molecule has 0 fully saturated rings. The number of hydrogen-bond acceptors (Lipinski definition) is 4. The van der Waals surface area contributed by atoms with Crippen LogP contribution >= 0.6 is 0 Å². The Morgan fingerprint density at radius 1 is 1.19 bits per heavy atom. The largest absolute Gasteiger partial charge is 0.479 e. The van der Waals surface area contributed by atoms with Gasteiger partial charge in [0.1, 0.15) is 11.8 Å². The van der Waals surface area contributed by atoms with Crippen LogP contribution < -0.4 is 4.90 Å².